The van der Waals surface area contributed by atoms with E-state index in [0.29, 0.717) is 17.7 Å². The molecule has 1 aliphatic heterocycles. The van der Waals surface area contributed by atoms with E-state index in [1.54, 1.807) is 0 Å². The van der Waals surface area contributed by atoms with Crippen LogP contribution in [0.3, 0.4) is 0 Å². The molecule has 0 spiro atoms. The van der Waals surface area contributed by atoms with Crippen LogP contribution < -0.4 is 15.0 Å². The predicted molar refractivity (Wildman–Crippen MR) is 81.0 cm³/mol. The summed E-state index contributed by atoms with van der Waals surface area (Å²) < 4.78 is 5.11. The largest absolute Gasteiger partial charge is 0.481 e. The van der Waals surface area contributed by atoms with Crippen molar-refractivity contribution in [2.24, 2.45) is 0 Å². The maximum atomic E-state index is 11.2. The summed E-state index contributed by atoms with van der Waals surface area (Å²) in [7, 11) is 1.51. The molecule has 0 saturated carbocycles. The van der Waals surface area contributed by atoms with Gasteiger partial charge in [-0.15, -0.1) is 0 Å². The van der Waals surface area contributed by atoms with Gasteiger partial charge in [-0.05, 0) is 25.8 Å². The zero-order chi connectivity index (χ0) is 15.2. The predicted octanol–water partition coefficient (Wildman–Crippen LogP) is 1.97. The van der Waals surface area contributed by atoms with Gasteiger partial charge in [0.1, 0.15) is 0 Å². The number of ether oxygens (including phenoxy) is 1. The van der Waals surface area contributed by atoms with Crippen molar-refractivity contribution in [1.29, 1.82) is 0 Å². The third-order valence-electron chi connectivity index (χ3n) is 3.63. The van der Waals surface area contributed by atoms with Crippen molar-refractivity contribution in [2.75, 3.05) is 31.6 Å². The van der Waals surface area contributed by atoms with Crippen molar-refractivity contribution in [3.8, 4) is 5.88 Å². The van der Waals surface area contributed by atoms with Crippen LogP contribution in [0.25, 0.3) is 0 Å². The molecule has 1 unspecified atom stereocenters. The molecule has 0 aliphatic carbocycles. The molecule has 116 valence electrons. The van der Waals surface area contributed by atoms with Crippen LogP contribution in [0.4, 0.5) is 11.5 Å². The summed E-state index contributed by atoms with van der Waals surface area (Å²) in [5.74, 6) is 0.797. The molecule has 1 atom stereocenters. The van der Waals surface area contributed by atoms with Crippen molar-refractivity contribution >= 4 is 11.5 Å². The van der Waals surface area contributed by atoms with Crippen molar-refractivity contribution in [2.45, 2.75) is 32.2 Å². The van der Waals surface area contributed by atoms with Gasteiger partial charge in [-0.3, -0.25) is 10.1 Å². The van der Waals surface area contributed by atoms with Gasteiger partial charge in [0.2, 0.25) is 11.7 Å². The second kappa shape index (κ2) is 7.21. The molecule has 1 aromatic heterocycles. The Hall–Kier alpha value is -1.89. The van der Waals surface area contributed by atoms with Crippen LogP contribution in [-0.4, -0.2) is 42.7 Å². The quantitative estimate of drug-likeness (QED) is 0.611. The highest BCUT2D eigenvalue weighted by atomic mass is 16.6. The first-order valence-electron chi connectivity index (χ1n) is 7.33. The van der Waals surface area contributed by atoms with E-state index in [1.165, 1.54) is 19.2 Å². The Morgan fingerprint density at radius 1 is 1.57 bits per heavy atom. The third-order valence-corrected chi connectivity index (χ3v) is 3.63. The second-order valence-corrected chi connectivity index (χ2v) is 5.19. The van der Waals surface area contributed by atoms with Gasteiger partial charge in [-0.25, -0.2) is 0 Å². The molecule has 0 radical (unpaired) electrons. The molecule has 21 heavy (non-hydrogen) atoms. The van der Waals surface area contributed by atoms with Crippen LogP contribution in [0, 0.1) is 10.1 Å². The minimum Gasteiger partial charge on any atom is -0.481 e. The lowest BCUT2D eigenvalue weighted by molar-refractivity contribution is -0.384. The highest BCUT2D eigenvalue weighted by Gasteiger charge is 2.25. The summed E-state index contributed by atoms with van der Waals surface area (Å²) in [5, 5.41) is 14.7. The molecule has 1 N–H and O–H groups in total. The lowest BCUT2D eigenvalue weighted by Crippen LogP contribution is -2.38. The Balaban J connectivity index is 2.29. The topological polar surface area (TPSA) is 80.5 Å². The Kier molecular flexibility index (Phi) is 5.32. The van der Waals surface area contributed by atoms with Crippen molar-refractivity contribution < 1.29 is 9.66 Å². The number of hydrogen-bond donors (Lipinski definition) is 1. The number of aromatic nitrogens is 1. The molecule has 1 aliphatic rings. The smallest absolute Gasteiger partial charge is 0.311 e. The Bertz CT molecular complexity index is 489. The molecule has 1 fully saturated rings. The molecule has 0 amide bonds. The number of hydrogen-bond acceptors (Lipinski definition) is 6. The number of anilines is 1. The first-order valence-corrected chi connectivity index (χ1v) is 7.33. The third kappa shape index (κ3) is 3.81. The van der Waals surface area contributed by atoms with Crippen LogP contribution in [0.1, 0.15) is 26.2 Å². The lowest BCUT2D eigenvalue weighted by atomic mass is 10.2. The number of nitrogens with one attached hydrogen (secondary N) is 1. The zero-order valence-electron chi connectivity index (χ0n) is 12.5. The van der Waals surface area contributed by atoms with E-state index in [0.717, 1.165) is 38.9 Å². The number of rotatable bonds is 7. The summed E-state index contributed by atoms with van der Waals surface area (Å²) in [6, 6.07) is 3.36. The van der Waals surface area contributed by atoms with Gasteiger partial charge < -0.3 is 15.0 Å². The van der Waals surface area contributed by atoms with Crippen molar-refractivity contribution in [3.63, 3.8) is 0 Å². The summed E-state index contributed by atoms with van der Waals surface area (Å²) in [6.07, 6.45) is 3.15. The van der Waals surface area contributed by atoms with Gasteiger partial charge in [0.15, 0.2) is 0 Å². The van der Waals surface area contributed by atoms with E-state index < -0.39 is 0 Å². The molecular formula is C14H22N4O3. The highest BCUT2D eigenvalue weighted by molar-refractivity contribution is 5.59. The van der Waals surface area contributed by atoms with Gasteiger partial charge >= 0.3 is 5.69 Å². The Morgan fingerprint density at radius 2 is 2.38 bits per heavy atom. The SMILES string of the molecule is CCCN(CC1CCCN1)c1nc(OC)ccc1[N+](=O)[O-]. The van der Waals surface area contributed by atoms with Crippen LogP contribution in [0.5, 0.6) is 5.88 Å². The average molecular weight is 294 g/mol. The van der Waals surface area contributed by atoms with Gasteiger partial charge in [-0.1, -0.05) is 6.92 Å². The average Bonchev–Trinajstić information content (AvgIpc) is 2.99. The number of methoxy groups -OCH3 is 1. The number of nitro groups is 1. The second-order valence-electron chi connectivity index (χ2n) is 5.19. The molecule has 1 saturated heterocycles. The fourth-order valence-electron chi connectivity index (χ4n) is 2.64. The minimum atomic E-state index is -0.382. The van der Waals surface area contributed by atoms with Crippen molar-refractivity contribution in [3.05, 3.63) is 22.2 Å². The molecule has 1 aromatic rings. The maximum Gasteiger partial charge on any atom is 0.311 e. The summed E-state index contributed by atoms with van der Waals surface area (Å²) in [5.41, 5.74) is 0.0299. The van der Waals surface area contributed by atoms with E-state index in [1.807, 2.05) is 4.90 Å². The minimum absolute atomic E-state index is 0.0299. The molecule has 2 heterocycles. The monoisotopic (exact) mass is 294 g/mol. The van der Waals surface area contributed by atoms with E-state index in [-0.39, 0.29) is 10.6 Å². The fourth-order valence-corrected chi connectivity index (χ4v) is 2.64. The molecule has 7 heteroatoms. The molecular weight excluding hydrogens is 272 g/mol. The van der Waals surface area contributed by atoms with Gasteiger partial charge in [0.05, 0.1) is 12.0 Å². The molecule has 2 rings (SSSR count). The summed E-state index contributed by atoms with van der Waals surface area (Å²) in [4.78, 5) is 17.2. The van der Waals surface area contributed by atoms with E-state index in [4.69, 9.17) is 4.74 Å². The molecule has 0 bridgehead atoms. The summed E-state index contributed by atoms with van der Waals surface area (Å²) in [6.45, 7) is 4.54. The van der Waals surface area contributed by atoms with Gasteiger partial charge in [-0.2, -0.15) is 4.98 Å². The standard InChI is InChI=1S/C14H22N4O3/c1-3-9-17(10-11-5-4-8-15-11)14-12(18(19)20)6-7-13(16-14)21-2/h6-7,11,15H,3-5,8-10H2,1-2H3. The van der Waals surface area contributed by atoms with E-state index in [2.05, 4.69) is 17.2 Å². The van der Waals surface area contributed by atoms with Gasteiger partial charge in [0, 0.05) is 31.3 Å². The molecule has 7 nitrogen and oxygen atoms in total. The maximum absolute atomic E-state index is 11.2. The normalized spacial score (nSPS) is 17.7. The molecule has 0 aromatic carbocycles. The zero-order valence-corrected chi connectivity index (χ0v) is 12.5. The Morgan fingerprint density at radius 3 is 2.95 bits per heavy atom. The van der Waals surface area contributed by atoms with Crippen LogP contribution >= 0.6 is 0 Å². The first-order chi connectivity index (χ1) is 10.2. The Labute approximate surface area is 124 Å². The highest BCUT2D eigenvalue weighted by Crippen LogP contribution is 2.29. The van der Waals surface area contributed by atoms with E-state index >= 15 is 0 Å². The van der Waals surface area contributed by atoms with Crippen LogP contribution in [-0.2, 0) is 0 Å². The van der Waals surface area contributed by atoms with Crippen molar-refractivity contribution in [1.82, 2.24) is 10.3 Å². The summed E-state index contributed by atoms with van der Waals surface area (Å²) >= 11 is 0. The number of nitrogens with zero attached hydrogens (tertiary/aromatic N) is 3. The number of pyridine rings is 1. The van der Waals surface area contributed by atoms with E-state index in [9.17, 15) is 10.1 Å². The first kappa shape index (κ1) is 15.5. The van der Waals surface area contributed by atoms with Gasteiger partial charge in [0.25, 0.3) is 0 Å². The van der Waals surface area contributed by atoms with Crippen LogP contribution in [0.2, 0.25) is 0 Å². The fraction of sp³-hybridized carbons (Fsp3) is 0.643. The lowest BCUT2D eigenvalue weighted by Gasteiger charge is -2.26. The van der Waals surface area contributed by atoms with Crippen LogP contribution in [0.15, 0.2) is 12.1 Å².